The van der Waals surface area contributed by atoms with E-state index in [-0.39, 0.29) is 18.8 Å². The van der Waals surface area contributed by atoms with E-state index in [1.54, 1.807) is 52.1 Å². The van der Waals surface area contributed by atoms with Gasteiger partial charge in [-0.05, 0) is 38.5 Å². The molecule has 2 aromatic rings. The average Bonchev–Trinajstić information content (AvgIpc) is 2.94. The highest BCUT2D eigenvalue weighted by Crippen LogP contribution is 2.33. The third-order valence-corrected chi connectivity index (χ3v) is 8.01. The van der Waals surface area contributed by atoms with Gasteiger partial charge in [0.1, 0.15) is 12.2 Å². The van der Waals surface area contributed by atoms with Gasteiger partial charge in [-0.1, -0.05) is 76.6 Å². The van der Waals surface area contributed by atoms with E-state index >= 15 is 0 Å². The molecule has 0 amide bonds. The average molecular weight is 604 g/mol. The van der Waals surface area contributed by atoms with E-state index in [1.807, 2.05) is 36.4 Å². The normalized spacial score (nSPS) is 23.0. The minimum Gasteiger partial charge on any atom is -0.453 e. The lowest BCUT2D eigenvalue weighted by Crippen LogP contribution is -2.53. The lowest BCUT2D eigenvalue weighted by Gasteiger charge is -2.41. The summed E-state index contributed by atoms with van der Waals surface area (Å²) >= 11 is 3.47. The molecule has 0 aliphatic carbocycles. The van der Waals surface area contributed by atoms with Crippen molar-refractivity contribution in [2.45, 2.75) is 76.8 Å². The van der Waals surface area contributed by atoms with E-state index in [0.29, 0.717) is 22.9 Å². The number of rotatable bonds is 13. The minimum absolute atomic E-state index is 0.139. The van der Waals surface area contributed by atoms with Gasteiger partial charge in [0.05, 0.1) is 30.5 Å². The molecule has 0 aromatic heterocycles. The molecule has 212 valence electrons. The van der Waals surface area contributed by atoms with Gasteiger partial charge in [0.15, 0.2) is 11.9 Å². The fourth-order valence-electron chi connectivity index (χ4n) is 4.52. The number of alkyl halides is 1. The lowest BCUT2D eigenvalue weighted by molar-refractivity contribution is -0.182. The maximum Gasteiger partial charge on any atom is 0.338 e. The molecule has 1 aliphatic heterocycles. The molecule has 7 nitrogen and oxygen atoms in total. The summed E-state index contributed by atoms with van der Waals surface area (Å²) in [5, 5.41) is 11.7. The first-order valence-corrected chi connectivity index (χ1v) is 14.2. The van der Waals surface area contributed by atoms with Gasteiger partial charge in [-0.15, -0.1) is 0 Å². The topological polar surface area (TPSA) is 91.3 Å². The Morgan fingerprint density at radius 1 is 1.13 bits per heavy atom. The second-order valence-corrected chi connectivity index (χ2v) is 11.1. The molecule has 1 aliphatic rings. The number of aliphatic hydroxyl groups excluding tert-OH is 1. The standard InChI is InChI=1S/C31H39BrO7/c1-20(2)31(3,4)29(34)27(37-19-21-12-8-6-9-13-21)24(33)16-23-17-25(36-5)28(26(18-32)38-23)39-30(35)22-14-10-7-11-15-22/h6-15,23-28,33H,1,16-19H2,2-5H3/t23-,24-,25-,26-,27-,28+/m1/s1. The number of hydrogen-bond acceptors (Lipinski definition) is 7. The highest BCUT2D eigenvalue weighted by Gasteiger charge is 2.44. The summed E-state index contributed by atoms with van der Waals surface area (Å²) in [4.78, 5) is 26.3. The van der Waals surface area contributed by atoms with E-state index in [2.05, 4.69) is 22.5 Å². The number of benzene rings is 2. The SMILES string of the molecule is C=C(C)C(C)(C)C(=O)[C@H](OCc1ccccc1)[C@H](O)C[C@@H]1C[C@@H](OC)[C@H](OC(=O)c2ccccc2)[C@@H](CBr)O1. The van der Waals surface area contributed by atoms with Crippen LogP contribution in [0.1, 0.15) is 49.5 Å². The van der Waals surface area contributed by atoms with Crippen LogP contribution in [0.2, 0.25) is 0 Å². The summed E-state index contributed by atoms with van der Waals surface area (Å²) in [7, 11) is 1.56. The molecule has 1 heterocycles. The molecule has 6 atom stereocenters. The monoisotopic (exact) mass is 602 g/mol. The lowest BCUT2D eigenvalue weighted by atomic mass is 9.77. The summed E-state index contributed by atoms with van der Waals surface area (Å²) in [5.41, 5.74) is 1.13. The summed E-state index contributed by atoms with van der Waals surface area (Å²) in [5.74, 6) is -0.707. The van der Waals surface area contributed by atoms with E-state index in [9.17, 15) is 14.7 Å². The van der Waals surface area contributed by atoms with E-state index in [1.165, 1.54) is 0 Å². The number of halogens is 1. The Morgan fingerprint density at radius 3 is 2.31 bits per heavy atom. The number of ketones is 1. The largest absolute Gasteiger partial charge is 0.453 e. The number of allylic oxidation sites excluding steroid dienone is 1. The summed E-state index contributed by atoms with van der Waals surface area (Å²) in [6, 6.07) is 18.3. The third-order valence-electron chi connectivity index (χ3n) is 7.37. The van der Waals surface area contributed by atoms with Crippen molar-refractivity contribution in [3.8, 4) is 0 Å². The van der Waals surface area contributed by atoms with Crippen LogP contribution < -0.4 is 0 Å². The molecule has 0 unspecified atom stereocenters. The van der Waals surface area contributed by atoms with Gasteiger partial charge in [0.2, 0.25) is 0 Å². The van der Waals surface area contributed by atoms with Crippen LogP contribution >= 0.6 is 15.9 Å². The number of aliphatic hydroxyl groups is 1. The van der Waals surface area contributed by atoms with Crippen LogP contribution in [0.25, 0.3) is 0 Å². The maximum atomic E-state index is 13.6. The van der Waals surface area contributed by atoms with Crippen LogP contribution in [0, 0.1) is 5.41 Å². The zero-order valence-electron chi connectivity index (χ0n) is 23.0. The van der Waals surface area contributed by atoms with Crippen LogP contribution in [-0.4, -0.2) is 65.9 Å². The number of hydrogen-bond donors (Lipinski definition) is 1. The van der Waals surface area contributed by atoms with Crippen molar-refractivity contribution >= 4 is 27.7 Å². The second kappa shape index (κ2) is 14.3. The molecule has 1 saturated heterocycles. The molecule has 0 radical (unpaired) electrons. The van der Waals surface area contributed by atoms with Crippen molar-refractivity contribution in [3.05, 3.63) is 83.9 Å². The van der Waals surface area contributed by atoms with Gasteiger partial charge in [-0.2, -0.15) is 0 Å². The number of ether oxygens (including phenoxy) is 4. The van der Waals surface area contributed by atoms with Crippen molar-refractivity contribution in [1.82, 2.24) is 0 Å². The maximum absolute atomic E-state index is 13.6. The van der Waals surface area contributed by atoms with Crippen LogP contribution in [0.4, 0.5) is 0 Å². The van der Waals surface area contributed by atoms with Crippen LogP contribution in [-0.2, 0) is 30.3 Å². The molecular formula is C31H39BrO7. The third kappa shape index (κ3) is 8.08. The minimum atomic E-state index is -1.14. The summed E-state index contributed by atoms with van der Waals surface area (Å²) in [6.07, 6.45) is -3.79. The Labute approximate surface area is 239 Å². The van der Waals surface area contributed by atoms with Gasteiger partial charge in [0.25, 0.3) is 0 Å². The summed E-state index contributed by atoms with van der Waals surface area (Å²) in [6.45, 7) is 9.51. The van der Waals surface area contributed by atoms with Crippen molar-refractivity contribution in [1.29, 1.82) is 0 Å². The predicted molar refractivity (Wildman–Crippen MR) is 153 cm³/mol. The molecule has 0 bridgehead atoms. The quantitative estimate of drug-likeness (QED) is 0.189. The van der Waals surface area contributed by atoms with Crippen molar-refractivity contribution in [2.75, 3.05) is 12.4 Å². The molecule has 0 spiro atoms. The Morgan fingerprint density at radius 2 is 1.74 bits per heavy atom. The zero-order chi connectivity index (χ0) is 28.6. The predicted octanol–water partition coefficient (Wildman–Crippen LogP) is 5.29. The molecule has 39 heavy (non-hydrogen) atoms. The molecule has 1 fully saturated rings. The number of methoxy groups -OCH3 is 1. The number of Topliss-reactive ketones (excluding diaryl/α,β-unsaturated/α-hetero) is 1. The molecular weight excluding hydrogens is 564 g/mol. The van der Waals surface area contributed by atoms with Gasteiger partial charge in [-0.25, -0.2) is 4.79 Å². The van der Waals surface area contributed by atoms with Crippen molar-refractivity contribution in [2.24, 2.45) is 5.41 Å². The van der Waals surface area contributed by atoms with Gasteiger partial charge >= 0.3 is 5.97 Å². The first-order valence-electron chi connectivity index (χ1n) is 13.1. The Bertz CT molecular complexity index is 1070. The van der Waals surface area contributed by atoms with Crippen molar-refractivity contribution < 1.29 is 33.6 Å². The fourth-order valence-corrected chi connectivity index (χ4v) is 5.04. The second-order valence-electron chi connectivity index (χ2n) is 10.5. The number of carbonyl (C=O) groups excluding carboxylic acids is 2. The van der Waals surface area contributed by atoms with Crippen LogP contribution in [0.15, 0.2) is 72.8 Å². The summed E-state index contributed by atoms with van der Waals surface area (Å²) < 4.78 is 23.8. The molecule has 1 N–H and O–H groups in total. The van der Waals surface area contributed by atoms with Gasteiger partial charge in [-0.3, -0.25) is 4.79 Å². The van der Waals surface area contributed by atoms with Crippen LogP contribution in [0.3, 0.4) is 0 Å². The molecule has 2 aromatic carbocycles. The number of carbonyl (C=O) groups is 2. The van der Waals surface area contributed by atoms with E-state index in [0.717, 1.165) is 5.56 Å². The highest BCUT2D eigenvalue weighted by molar-refractivity contribution is 9.09. The first kappa shape index (κ1) is 31.2. The number of esters is 1. The Hall–Kier alpha value is -2.36. The van der Waals surface area contributed by atoms with Gasteiger partial charge < -0.3 is 24.1 Å². The Balaban J connectivity index is 1.74. The highest BCUT2D eigenvalue weighted by atomic mass is 79.9. The molecule has 0 saturated carbocycles. The van der Waals surface area contributed by atoms with Gasteiger partial charge in [0, 0.05) is 30.7 Å². The van der Waals surface area contributed by atoms with Crippen LogP contribution in [0.5, 0.6) is 0 Å². The first-order chi connectivity index (χ1) is 18.6. The molecule has 3 rings (SSSR count). The molecule has 8 heteroatoms. The van der Waals surface area contributed by atoms with Crippen molar-refractivity contribution in [3.63, 3.8) is 0 Å². The Kier molecular flexibility index (Phi) is 11.4. The van der Waals surface area contributed by atoms with E-state index < -0.39 is 48.0 Å². The fraction of sp³-hybridized carbons (Fsp3) is 0.484. The van der Waals surface area contributed by atoms with E-state index in [4.69, 9.17) is 18.9 Å². The smallest absolute Gasteiger partial charge is 0.338 e. The zero-order valence-corrected chi connectivity index (χ0v) is 24.6.